The van der Waals surface area contributed by atoms with Gasteiger partial charge in [-0.2, -0.15) is 0 Å². The van der Waals surface area contributed by atoms with Crippen LogP contribution in [-0.2, 0) is 6.61 Å². The summed E-state index contributed by atoms with van der Waals surface area (Å²) < 4.78 is 0. The Morgan fingerprint density at radius 3 is 3.00 bits per heavy atom. The second kappa shape index (κ2) is 3.54. The lowest BCUT2D eigenvalue weighted by Gasteiger charge is -2.02. The number of aliphatic imine (C=N–C) groups is 1. The molecule has 1 aliphatic rings. The van der Waals surface area contributed by atoms with Crippen LogP contribution in [0.3, 0.4) is 0 Å². The van der Waals surface area contributed by atoms with Gasteiger partial charge in [-0.15, -0.1) is 0 Å². The molecule has 13 heavy (non-hydrogen) atoms. The molecule has 0 aliphatic carbocycles. The molecule has 0 bridgehead atoms. The minimum atomic E-state index is 0.0918. The van der Waals surface area contributed by atoms with E-state index in [9.17, 15) is 0 Å². The van der Waals surface area contributed by atoms with Crippen LogP contribution in [0.15, 0.2) is 41.5 Å². The van der Waals surface area contributed by atoms with Crippen molar-refractivity contribution in [3.63, 3.8) is 0 Å². The second-order valence-corrected chi connectivity index (χ2v) is 3.02. The Bertz CT molecular complexity index is 366. The molecule has 0 amide bonds. The van der Waals surface area contributed by atoms with Gasteiger partial charge in [-0.1, -0.05) is 24.3 Å². The zero-order valence-corrected chi connectivity index (χ0v) is 7.27. The van der Waals surface area contributed by atoms with Crippen molar-refractivity contribution in [2.24, 2.45) is 4.99 Å². The van der Waals surface area contributed by atoms with Gasteiger partial charge >= 0.3 is 0 Å². The van der Waals surface area contributed by atoms with E-state index in [4.69, 9.17) is 5.11 Å². The smallest absolute Gasteiger partial charge is 0.0682 e. The molecular formula is C11H11NO. The molecule has 66 valence electrons. The molecule has 0 saturated carbocycles. The summed E-state index contributed by atoms with van der Waals surface area (Å²) in [6.45, 7) is 0.0918. The summed E-state index contributed by atoms with van der Waals surface area (Å²) in [4.78, 5) is 4.24. The zero-order chi connectivity index (χ0) is 9.10. The summed E-state index contributed by atoms with van der Waals surface area (Å²) in [5.41, 5.74) is 3.12. The van der Waals surface area contributed by atoms with Crippen molar-refractivity contribution in [2.75, 3.05) is 0 Å². The minimum Gasteiger partial charge on any atom is -0.392 e. The molecule has 0 atom stereocenters. The third kappa shape index (κ3) is 1.68. The molecular weight excluding hydrogens is 162 g/mol. The first-order valence-electron chi connectivity index (χ1n) is 4.32. The molecule has 1 aromatic rings. The third-order valence-electron chi connectivity index (χ3n) is 2.09. The molecule has 2 nitrogen and oxygen atoms in total. The van der Waals surface area contributed by atoms with Crippen molar-refractivity contribution in [1.82, 2.24) is 0 Å². The van der Waals surface area contributed by atoms with Crippen molar-refractivity contribution in [1.29, 1.82) is 0 Å². The van der Waals surface area contributed by atoms with Crippen molar-refractivity contribution in [3.8, 4) is 0 Å². The van der Waals surface area contributed by atoms with Crippen molar-refractivity contribution < 1.29 is 5.11 Å². The molecule has 1 aliphatic heterocycles. The number of rotatable bonds is 2. The molecule has 0 radical (unpaired) electrons. The normalized spacial score (nSPS) is 14.7. The molecule has 1 aromatic carbocycles. The van der Waals surface area contributed by atoms with Crippen LogP contribution in [0.4, 0.5) is 0 Å². The van der Waals surface area contributed by atoms with E-state index in [1.807, 2.05) is 36.5 Å². The Balaban J connectivity index is 2.30. The third-order valence-corrected chi connectivity index (χ3v) is 2.09. The van der Waals surface area contributed by atoms with Crippen molar-refractivity contribution >= 4 is 5.71 Å². The lowest BCUT2D eigenvalue weighted by atomic mass is 10.1. The molecule has 2 rings (SSSR count). The first-order valence-corrected chi connectivity index (χ1v) is 4.32. The Labute approximate surface area is 77.3 Å². The maximum Gasteiger partial charge on any atom is 0.0682 e. The van der Waals surface area contributed by atoms with Gasteiger partial charge in [0.15, 0.2) is 0 Å². The van der Waals surface area contributed by atoms with Crippen LogP contribution in [0.2, 0.25) is 0 Å². The molecule has 0 saturated heterocycles. The van der Waals surface area contributed by atoms with E-state index >= 15 is 0 Å². The van der Waals surface area contributed by atoms with Crippen LogP contribution in [0.1, 0.15) is 17.5 Å². The topological polar surface area (TPSA) is 32.6 Å². The zero-order valence-electron chi connectivity index (χ0n) is 7.27. The minimum absolute atomic E-state index is 0.0918. The van der Waals surface area contributed by atoms with E-state index in [-0.39, 0.29) is 6.61 Å². The van der Waals surface area contributed by atoms with E-state index in [1.54, 1.807) is 0 Å². The highest BCUT2D eigenvalue weighted by molar-refractivity contribution is 6.03. The molecule has 0 fully saturated rings. The average Bonchev–Trinajstić information content (AvgIpc) is 2.71. The van der Waals surface area contributed by atoms with Crippen molar-refractivity contribution in [2.45, 2.75) is 13.0 Å². The Morgan fingerprint density at radius 1 is 1.38 bits per heavy atom. The highest BCUT2D eigenvalue weighted by Gasteiger charge is 2.04. The lowest BCUT2D eigenvalue weighted by molar-refractivity contribution is 0.282. The Hall–Kier alpha value is -1.41. The maximum absolute atomic E-state index is 8.95. The molecule has 1 heterocycles. The standard InChI is InChI=1S/C11H11NO/c13-8-9-3-1-4-10(7-9)11-5-2-6-12-11/h1-4,6-7,13H,5,8H2. The summed E-state index contributed by atoms with van der Waals surface area (Å²) in [5.74, 6) is 0. The van der Waals surface area contributed by atoms with Crippen LogP contribution >= 0.6 is 0 Å². The summed E-state index contributed by atoms with van der Waals surface area (Å²) >= 11 is 0. The average molecular weight is 173 g/mol. The summed E-state index contributed by atoms with van der Waals surface area (Å²) in [6, 6.07) is 7.85. The molecule has 1 N–H and O–H groups in total. The van der Waals surface area contributed by atoms with Gasteiger partial charge in [-0.25, -0.2) is 0 Å². The number of benzene rings is 1. The van der Waals surface area contributed by atoms with Gasteiger partial charge in [0.1, 0.15) is 0 Å². The first kappa shape index (κ1) is 8.20. The predicted molar refractivity (Wildman–Crippen MR) is 52.7 cm³/mol. The monoisotopic (exact) mass is 173 g/mol. The van der Waals surface area contributed by atoms with Gasteiger partial charge in [0.2, 0.25) is 0 Å². The lowest BCUT2D eigenvalue weighted by Crippen LogP contribution is -1.97. The Morgan fingerprint density at radius 2 is 2.31 bits per heavy atom. The summed E-state index contributed by atoms with van der Waals surface area (Å²) in [5, 5.41) is 8.95. The highest BCUT2D eigenvalue weighted by atomic mass is 16.3. The highest BCUT2D eigenvalue weighted by Crippen LogP contribution is 2.12. The number of hydrogen-bond acceptors (Lipinski definition) is 2. The van der Waals surface area contributed by atoms with Crippen LogP contribution in [-0.4, -0.2) is 10.8 Å². The van der Waals surface area contributed by atoms with Gasteiger partial charge in [0.25, 0.3) is 0 Å². The maximum atomic E-state index is 8.95. The van der Waals surface area contributed by atoms with E-state index < -0.39 is 0 Å². The molecule has 0 spiro atoms. The number of aliphatic hydroxyl groups excluding tert-OH is 1. The molecule has 0 aromatic heterocycles. The van der Waals surface area contributed by atoms with E-state index in [0.717, 1.165) is 23.3 Å². The summed E-state index contributed by atoms with van der Waals surface area (Å²) in [6.07, 6.45) is 4.75. The number of hydrogen-bond donors (Lipinski definition) is 1. The number of aliphatic hydroxyl groups is 1. The van der Waals surface area contributed by atoms with Crippen molar-refractivity contribution in [3.05, 3.63) is 47.7 Å². The molecule has 0 unspecified atom stereocenters. The van der Waals surface area contributed by atoms with E-state index in [0.29, 0.717) is 0 Å². The quantitative estimate of drug-likeness (QED) is 0.727. The SMILES string of the molecule is OCc1cccc(C2=NC=CC2)c1. The fraction of sp³-hybridized carbons (Fsp3) is 0.182. The largest absolute Gasteiger partial charge is 0.392 e. The van der Waals surface area contributed by atoms with Gasteiger partial charge in [0.05, 0.1) is 12.3 Å². The van der Waals surface area contributed by atoms with Crippen LogP contribution in [0.5, 0.6) is 0 Å². The van der Waals surface area contributed by atoms with Gasteiger partial charge in [0, 0.05) is 12.6 Å². The fourth-order valence-electron chi connectivity index (χ4n) is 1.40. The predicted octanol–water partition coefficient (Wildman–Crippen LogP) is 1.89. The van der Waals surface area contributed by atoms with Gasteiger partial charge in [-0.05, 0) is 17.2 Å². The Kier molecular flexibility index (Phi) is 2.23. The second-order valence-electron chi connectivity index (χ2n) is 3.02. The van der Waals surface area contributed by atoms with E-state index in [2.05, 4.69) is 4.99 Å². The van der Waals surface area contributed by atoms with Crippen LogP contribution in [0.25, 0.3) is 0 Å². The van der Waals surface area contributed by atoms with Gasteiger partial charge < -0.3 is 5.11 Å². The van der Waals surface area contributed by atoms with E-state index in [1.165, 1.54) is 0 Å². The fourth-order valence-corrected chi connectivity index (χ4v) is 1.40. The van der Waals surface area contributed by atoms with Crippen LogP contribution in [0, 0.1) is 0 Å². The molecule has 2 heteroatoms. The van der Waals surface area contributed by atoms with Gasteiger partial charge in [-0.3, -0.25) is 4.99 Å². The first-order chi connectivity index (χ1) is 6.40. The summed E-state index contributed by atoms with van der Waals surface area (Å²) in [7, 11) is 0. The van der Waals surface area contributed by atoms with Crippen LogP contribution < -0.4 is 0 Å². The number of nitrogens with zero attached hydrogens (tertiary/aromatic N) is 1. The number of allylic oxidation sites excluding steroid dienone is 1.